The first kappa shape index (κ1) is 10.0. The second kappa shape index (κ2) is 3.56. The molecule has 1 aromatic rings. The van der Waals surface area contributed by atoms with Gasteiger partial charge in [-0.1, -0.05) is 0 Å². The zero-order valence-corrected chi connectivity index (χ0v) is 8.73. The van der Waals surface area contributed by atoms with Crippen molar-refractivity contribution in [1.29, 1.82) is 0 Å². The van der Waals surface area contributed by atoms with Gasteiger partial charge in [0.05, 0.1) is 0 Å². The summed E-state index contributed by atoms with van der Waals surface area (Å²) in [6.07, 6.45) is 5.85. The van der Waals surface area contributed by atoms with Gasteiger partial charge in [0.1, 0.15) is 5.54 Å². The normalized spacial score (nSPS) is 18.2. The molecule has 5 heteroatoms. The number of carboxylic acid groups (broad SMARTS) is 1. The summed E-state index contributed by atoms with van der Waals surface area (Å²) in [5.41, 5.74) is -0.779. The van der Waals surface area contributed by atoms with Gasteiger partial charge in [0, 0.05) is 18.9 Å². The van der Waals surface area contributed by atoms with Crippen LogP contribution >= 0.6 is 0 Å². The van der Waals surface area contributed by atoms with E-state index < -0.39 is 11.5 Å². The van der Waals surface area contributed by atoms with E-state index in [4.69, 9.17) is 5.11 Å². The average Bonchev–Trinajstić information content (AvgIpc) is 2.57. The van der Waals surface area contributed by atoms with Crippen LogP contribution in [0.5, 0.6) is 0 Å². The van der Waals surface area contributed by atoms with Gasteiger partial charge in [-0.15, -0.1) is 0 Å². The summed E-state index contributed by atoms with van der Waals surface area (Å²) < 4.78 is 1.91. The van der Waals surface area contributed by atoms with Crippen molar-refractivity contribution in [2.75, 3.05) is 5.32 Å². The van der Waals surface area contributed by atoms with Crippen molar-refractivity contribution in [3.63, 3.8) is 0 Å². The first-order valence-electron chi connectivity index (χ1n) is 5.21. The molecule has 0 unspecified atom stereocenters. The molecule has 1 aliphatic carbocycles. The minimum atomic E-state index is -0.779. The molecule has 0 spiro atoms. The summed E-state index contributed by atoms with van der Waals surface area (Å²) in [5.74, 6) is -0.126. The third kappa shape index (κ3) is 1.58. The lowest BCUT2D eigenvalue weighted by atomic mass is 9.77. The Labute approximate surface area is 88.1 Å². The molecule has 1 fully saturated rings. The average molecular weight is 209 g/mol. The minimum Gasteiger partial charge on any atom is -0.480 e. The van der Waals surface area contributed by atoms with E-state index in [1.54, 1.807) is 6.20 Å². The monoisotopic (exact) mass is 209 g/mol. The number of hydrogen-bond acceptors (Lipinski definition) is 3. The van der Waals surface area contributed by atoms with Crippen LogP contribution in [0.2, 0.25) is 0 Å². The first-order chi connectivity index (χ1) is 7.18. The van der Waals surface area contributed by atoms with Crippen LogP contribution in [-0.2, 0) is 11.3 Å². The number of carbonyl (C=O) groups is 1. The molecule has 0 saturated heterocycles. The largest absolute Gasteiger partial charge is 0.480 e. The Morgan fingerprint density at radius 1 is 1.73 bits per heavy atom. The molecule has 0 radical (unpaired) electrons. The van der Waals surface area contributed by atoms with E-state index in [9.17, 15) is 4.79 Å². The van der Waals surface area contributed by atoms with Gasteiger partial charge in [0.25, 0.3) is 0 Å². The smallest absolute Gasteiger partial charge is 0.329 e. The molecule has 1 saturated carbocycles. The Hall–Kier alpha value is -1.52. The molecule has 1 aromatic heterocycles. The molecule has 2 rings (SSSR count). The molecule has 15 heavy (non-hydrogen) atoms. The van der Waals surface area contributed by atoms with Crippen LogP contribution in [0.15, 0.2) is 12.4 Å². The number of hydrogen-bond donors (Lipinski definition) is 2. The first-order valence-corrected chi connectivity index (χ1v) is 5.21. The summed E-state index contributed by atoms with van der Waals surface area (Å²) in [5, 5.41) is 12.2. The Balaban J connectivity index is 2.17. The number of nitrogens with zero attached hydrogens (tertiary/aromatic N) is 2. The lowest BCUT2D eigenvalue weighted by Crippen LogP contribution is -2.52. The van der Waals surface area contributed by atoms with Crippen LogP contribution in [-0.4, -0.2) is 26.2 Å². The molecule has 0 amide bonds. The van der Waals surface area contributed by atoms with E-state index in [2.05, 4.69) is 10.3 Å². The summed E-state index contributed by atoms with van der Waals surface area (Å²) in [6, 6.07) is 0. The Morgan fingerprint density at radius 2 is 2.47 bits per heavy atom. The molecule has 0 atom stereocenters. The van der Waals surface area contributed by atoms with E-state index in [1.807, 2.05) is 17.7 Å². The highest BCUT2D eigenvalue weighted by Gasteiger charge is 2.45. The van der Waals surface area contributed by atoms with Gasteiger partial charge in [0.15, 0.2) is 0 Å². The van der Waals surface area contributed by atoms with Crippen LogP contribution in [0, 0.1) is 0 Å². The standard InChI is InChI=1S/C10H15N3O2/c1-2-13-7-6-11-9(13)12-10(8(14)15)4-3-5-10/h6-7H,2-5H2,1H3,(H,11,12)(H,14,15). The van der Waals surface area contributed by atoms with Crippen molar-refractivity contribution in [3.05, 3.63) is 12.4 Å². The molecule has 0 bridgehead atoms. The van der Waals surface area contributed by atoms with Gasteiger partial charge in [-0.3, -0.25) is 0 Å². The lowest BCUT2D eigenvalue weighted by Gasteiger charge is -2.38. The maximum absolute atomic E-state index is 11.1. The molecule has 5 nitrogen and oxygen atoms in total. The predicted molar refractivity (Wildman–Crippen MR) is 55.7 cm³/mol. The molecule has 82 valence electrons. The van der Waals surface area contributed by atoms with Gasteiger partial charge in [-0.2, -0.15) is 0 Å². The number of aryl methyl sites for hydroxylation is 1. The fourth-order valence-electron chi connectivity index (χ4n) is 1.83. The van der Waals surface area contributed by atoms with Gasteiger partial charge in [-0.25, -0.2) is 9.78 Å². The number of aliphatic carboxylic acids is 1. The van der Waals surface area contributed by atoms with Gasteiger partial charge >= 0.3 is 5.97 Å². The summed E-state index contributed by atoms with van der Waals surface area (Å²) in [6.45, 7) is 2.79. The number of anilines is 1. The molecule has 1 heterocycles. The summed E-state index contributed by atoms with van der Waals surface area (Å²) in [7, 11) is 0. The van der Waals surface area contributed by atoms with Crippen LogP contribution in [0.25, 0.3) is 0 Å². The maximum atomic E-state index is 11.1. The number of rotatable bonds is 4. The van der Waals surface area contributed by atoms with Gasteiger partial charge in [0.2, 0.25) is 5.95 Å². The van der Waals surface area contributed by atoms with Crippen LogP contribution < -0.4 is 5.32 Å². The number of imidazole rings is 1. The highest BCUT2D eigenvalue weighted by Crippen LogP contribution is 2.35. The molecule has 0 aliphatic heterocycles. The molecular weight excluding hydrogens is 194 g/mol. The fourth-order valence-corrected chi connectivity index (χ4v) is 1.83. The van der Waals surface area contributed by atoms with Gasteiger partial charge in [-0.05, 0) is 26.2 Å². The number of carboxylic acids is 1. The lowest BCUT2D eigenvalue weighted by molar-refractivity contribution is -0.145. The molecule has 1 aliphatic rings. The van der Waals surface area contributed by atoms with Crippen molar-refractivity contribution >= 4 is 11.9 Å². The zero-order valence-electron chi connectivity index (χ0n) is 8.73. The van der Waals surface area contributed by atoms with Crippen molar-refractivity contribution in [2.45, 2.75) is 38.3 Å². The van der Waals surface area contributed by atoms with E-state index in [0.29, 0.717) is 18.8 Å². The highest BCUT2D eigenvalue weighted by molar-refractivity contribution is 5.83. The topological polar surface area (TPSA) is 67.2 Å². The van der Waals surface area contributed by atoms with Crippen molar-refractivity contribution in [3.8, 4) is 0 Å². The predicted octanol–water partition coefficient (Wildman–Crippen LogP) is 1.32. The van der Waals surface area contributed by atoms with Crippen LogP contribution in [0.4, 0.5) is 5.95 Å². The molecular formula is C10H15N3O2. The fraction of sp³-hybridized carbons (Fsp3) is 0.600. The molecule has 0 aromatic carbocycles. The minimum absolute atomic E-state index is 0.652. The summed E-state index contributed by atoms with van der Waals surface area (Å²) >= 11 is 0. The third-order valence-electron chi connectivity index (χ3n) is 3.02. The second-order valence-electron chi connectivity index (χ2n) is 3.90. The quantitative estimate of drug-likeness (QED) is 0.784. The summed E-state index contributed by atoms with van der Waals surface area (Å²) in [4.78, 5) is 15.3. The van der Waals surface area contributed by atoms with E-state index in [0.717, 1.165) is 13.0 Å². The van der Waals surface area contributed by atoms with E-state index in [1.165, 1.54) is 0 Å². The van der Waals surface area contributed by atoms with Crippen molar-refractivity contribution < 1.29 is 9.90 Å². The van der Waals surface area contributed by atoms with Gasteiger partial charge < -0.3 is 15.0 Å². The van der Waals surface area contributed by atoms with Crippen molar-refractivity contribution in [2.24, 2.45) is 0 Å². The van der Waals surface area contributed by atoms with Crippen molar-refractivity contribution in [1.82, 2.24) is 9.55 Å². The highest BCUT2D eigenvalue weighted by atomic mass is 16.4. The van der Waals surface area contributed by atoms with Crippen LogP contribution in [0.3, 0.4) is 0 Å². The Kier molecular flexibility index (Phi) is 2.38. The second-order valence-corrected chi connectivity index (χ2v) is 3.90. The SMILES string of the molecule is CCn1ccnc1NC1(C(=O)O)CCC1. The zero-order chi connectivity index (χ0) is 10.9. The van der Waals surface area contributed by atoms with E-state index in [-0.39, 0.29) is 0 Å². The number of nitrogens with one attached hydrogen (secondary N) is 1. The maximum Gasteiger partial charge on any atom is 0.329 e. The molecule has 2 N–H and O–H groups in total. The Bertz CT molecular complexity index is 368. The van der Waals surface area contributed by atoms with E-state index >= 15 is 0 Å². The Morgan fingerprint density at radius 3 is 2.93 bits per heavy atom. The third-order valence-corrected chi connectivity index (χ3v) is 3.02. The van der Waals surface area contributed by atoms with Crippen LogP contribution in [0.1, 0.15) is 26.2 Å². The number of aromatic nitrogens is 2.